The van der Waals surface area contributed by atoms with Crippen LogP contribution in [0.15, 0.2) is 48.1 Å². The molecule has 1 aromatic carbocycles. The molecule has 1 N–H and O–H groups in total. The largest absolute Gasteiger partial charge is 0.316 e. The van der Waals surface area contributed by atoms with Crippen molar-refractivity contribution in [1.29, 1.82) is 0 Å². The molecule has 24 heavy (non-hydrogen) atoms. The third-order valence-corrected chi connectivity index (χ3v) is 4.97. The second-order valence-corrected chi connectivity index (χ2v) is 7.32. The summed E-state index contributed by atoms with van der Waals surface area (Å²) in [6, 6.07) is 9.97. The lowest BCUT2D eigenvalue weighted by atomic mass is 10.2. The van der Waals surface area contributed by atoms with E-state index in [1.165, 1.54) is 0 Å². The van der Waals surface area contributed by atoms with Gasteiger partial charge in [0.05, 0.1) is 11.2 Å². The van der Waals surface area contributed by atoms with Crippen molar-refractivity contribution in [2.24, 2.45) is 0 Å². The molecule has 0 aliphatic rings. The molecule has 0 fully saturated rings. The van der Waals surface area contributed by atoms with Gasteiger partial charge in [0, 0.05) is 32.3 Å². The van der Waals surface area contributed by atoms with Crippen molar-refractivity contribution in [3.8, 4) is 11.4 Å². The van der Waals surface area contributed by atoms with Crippen LogP contribution in [0, 0.1) is 10.5 Å². The summed E-state index contributed by atoms with van der Waals surface area (Å²) in [4.78, 5) is 18.0. The van der Waals surface area contributed by atoms with Crippen molar-refractivity contribution in [2.75, 3.05) is 5.32 Å². The average Bonchev–Trinajstić information content (AvgIpc) is 3.01. The van der Waals surface area contributed by atoms with E-state index in [2.05, 4.69) is 48.9 Å². The molecule has 0 aliphatic heterocycles. The summed E-state index contributed by atoms with van der Waals surface area (Å²) >= 11 is 3.86. The summed E-state index contributed by atoms with van der Waals surface area (Å²) in [6.45, 7) is 1.98. The van der Waals surface area contributed by atoms with Gasteiger partial charge in [-0.3, -0.25) is 4.98 Å². The maximum Gasteiger partial charge on any atom is 0.188 e. The first-order chi connectivity index (χ1) is 11.7. The van der Waals surface area contributed by atoms with Gasteiger partial charge in [-0.15, -0.1) is 11.3 Å². The fraction of sp³-hybridized carbons (Fsp3) is 0.0588. The molecule has 3 heterocycles. The predicted octanol–water partition coefficient (Wildman–Crippen LogP) is 4.80. The number of aromatic nitrogens is 4. The highest BCUT2D eigenvalue weighted by Crippen LogP contribution is 2.29. The summed E-state index contributed by atoms with van der Waals surface area (Å²) < 4.78 is 1.14. The summed E-state index contributed by atoms with van der Waals surface area (Å²) in [5.41, 5.74) is 2.76. The number of hydrogen-bond acceptors (Lipinski definition) is 6. The van der Waals surface area contributed by atoms with Gasteiger partial charge in [-0.25, -0.2) is 15.0 Å². The number of anilines is 2. The molecular formula is C17H12IN5S. The van der Waals surface area contributed by atoms with Gasteiger partial charge in [-0.1, -0.05) is 0 Å². The molecule has 4 aromatic rings. The number of fused-ring (bicyclic) bond motifs is 1. The zero-order valence-corrected chi connectivity index (χ0v) is 15.7. The summed E-state index contributed by atoms with van der Waals surface area (Å²) in [6.07, 6.45) is 3.51. The van der Waals surface area contributed by atoms with Crippen LogP contribution in [0.5, 0.6) is 0 Å². The first kappa shape index (κ1) is 15.4. The van der Waals surface area contributed by atoms with E-state index < -0.39 is 0 Å². The van der Waals surface area contributed by atoms with Gasteiger partial charge >= 0.3 is 0 Å². The minimum atomic E-state index is 0.646. The molecule has 5 nitrogen and oxygen atoms in total. The maximum absolute atomic E-state index is 4.72. The highest BCUT2D eigenvalue weighted by atomic mass is 127. The minimum absolute atomic E-state index is 0.646. The van der Waals surface area contributed by atoms with Gasteiger partial charge in [0.1, 0.15) is 5.82 Å². The number of thiazole rings is 1. The molecule has 0 saturated heterocycles. The molecular weight excluding hydrogens is 433 g/mol. The molecule has 0 aliphatic carbocycles. The number of hydrogen-bond donors (Lipinski definition) is 1. The Morgan fingerprint density at radius 1 is 1.12 bits per heavy atom. The highest BCUT2D eigenvalue weighted by Gasteiger charge is 2.11. The van der Waals surface area contributed by atoms with Gasteiger partial charge in [0.2, 0.25) is 0 Å². The summed E-state index contributed by atoms with van der Waals surface area (Å²) in [7, 11) is 0. The van der Waals surface area contributed by atoms with Crippen LogP contribution in [-0.4, -0.2) is 19.9 Å². The second-order valence-electron chi connectivity index (χ2n) is 5.22. The molecule has 0 bridgehead atoms. The highest BCUT2D eigenvalue weighted by molar-refractivity contribution is 14.1. The lowest BCUT2D eigenvalue weighted by Crippen LogP contribution is -1.99. The molecule has 0 saturated carbocycles. The van der Waals surface area contributed by atoms with Crippen LogP contribution in [0.2, 0.25) is 0 Å². The van der Waals surface area contributed by atoms with E-state index in [-0.39, 0.29) is 0 Å². The lowest BCUT2D eigenvalue weighted by Gasteiger charge is -2.09. The van der Waals surface area contributed by atoms with Gasteiger partial charge in [-0.05, 0) is 59.8 Å². The van der Waals surface area contributed by atoms with E-state index in [0.29, 0.717) is 5.82 Å². The summed E-state index contributed by atoms with van der Waals surface area (Å²) in [5, 5.41) is 7.15. The first-order valence-corrected chi connectivity index (χ1v) is 9.22. The Kier molecular flexibility index (Phi) is 4.11. The van der Waals surface area contributed by atoms with E-state index >= 15 is 0 Å². The second kappa shape index (κ2) is 6.40. The molecule has 7 heteroatoms. The van der Waals surface area contributed by atoms with Crippen LogP contribution < -0.4 is 5.32 Å². The molecule has 0 unspecified atom stereocenters. The Morgan fingerprint density at radius 3 is 2.79 bits per heavy atom. The summed E-state index contributed by atoms with van der Waals surface area (Å²) in [5.74, 6) is 1.40. The Labute approximate surface area is 156 Å². The van der Waals surface area contributed by atoms with Crippen LogP contribution in [0.3, 0.4) is 0 Å². The normalized spacial score (nSPS) is 10.9. The smallest absolute Gasteiger partial charge is 0.188 e. The third-order valence-electron chi connectivity index (χ3n) is 3.42. The van der Waals surface area contributed by atoms with Gasteiger partial charge < -0.3 is 5.32 Å². The third kappa shape index (κ3) is 3.09. The number of pyridine rings is 1. The van der Waals surface area contributed by atoms with Crippen LogP contribution in [0.1, 0.15) is 5.69 Å². The average molecular weight is 445 g/mol. The number of nitrogens with zero attached hydrogens (tertiary/aromatic N) is 4. The number of benzene rings is 1. The fourth-order valence-electron chi connectivity index (χ4n) is 2.33. The van der Waals surface area contributed by atoms with Gasteiger partial charge in [0.15, 0.2) is 11.0 Å². The molecule has 0 atom stereocenters. The van der Waals surface area contributed by atoms with E-state index in [1.54, 1.807) is 23.7 Å². The fourth-order valence-corrected chi connectivity index (χ4v) is 3.51. The lowest BCUT2D eigenvalue weighted by molar-refractivity contribution is 1.19. The zero-order valence-electron chi connectivity index (χ0n) is 12.7. The van der Waals surface area contributed by atoms with E-state index in [0.717, 1.165) is 36.7 Å². The number of halogens is 1. The van der Waals surface area contributed by atoms with Crippen molar-refractivity contribution < 1.29 is 0 Å². The quantitative estimate of drug-likeness (QED) is 0.459. The van der Waals surface area contributed by atoms with Crippen molar-refractivity contribution in [2.45, 2.75) is 6.92 Å². The zero-order chi connectivity index (χ0) is 16.5. The van der Waals surface area contributed by atoms with Crippen molar-refractivity contribution in [3.05, 3.63) is 57.4 Å². The Bertz CT molecular complexity index is 1020. The molecule has 118 valence electrons. The van der Waals surface area contributed by atoms with Crippen molar-refractivity contribution in [1.82, 2.24) is 19.9 Å². The molecule has 4 rings (SSSR count). The predicted molar refractivity (Wildman–Crippen MR) is 106 cm³/mol. The number of rotatable bonds is 3. The van der Waals surface area contributed by atoms with E-state index in [1.807, 2.05) is 36.6 Å². The van der Waals surface area contributed by atoms with Crippen LogP contribution >= 0.6 is 33.9 Å². The van der Waals surface area contributed by atoms with E-state index in [9.17, 15) is 0 Å². The first-order valence-electron chi connectivity index (χ1n) is 7.26. The van der Waals surface area contributed by atoms with Crippen LogP contribution in [0.25, 0.3) is 22.3 Å². The Hall–Kier alpha value is -2.13. The Balaban J connectivity index is 1.89. The maximum atomic E-state index is 4.72. The number of nitrogens with one attached hydrogen (secondary N) is 1. The molecule has 0 spiro atoms. The molecule has 0 amide bonds. The van der Waals surface area contributed by atoms with Crippen LogP contribution in [0.4, 0.5) is 10.9 Å². The Morgan fingerprint density at radius 2 is 2.04 bits per heavy atom. The standard InChI is InChI=1S/C17H12IN5S/c1-10-9-24-17(20-10)23-16-13-7-12(18)4-5-14(13)21-15(22-16)11-3-2-6-19-8-11/h2-9H,1H3,(H,20,21,22,23). The van der Waals surface area contributed by atoms with E-state index in [4.69, 9.17) is 4.98 Å². The topological polar surface area (TPSA) is 63.6 Å². The molecule has 3 aromatic heterocycles. The van der Waals surface area contributed by atoms with Gasteiger partial charge in [-0.2, -0.15) is 0 Å². The SMILES string of the molecule is Cc1csc(Nc2nc(-c3cccnc3)nc3ccc(I)cc23)n1. The van der Waals surface area contributed by atoms with Crippen molar-refractivity contribution >= 4 is 55.8 Å². The van der Waals surface area contributed by atoms with Gasteiger partial charge in [0.25, 0.3) is 0 Å². The van der Waals surface area contributed by atoms with Crippen LogP contribution in [-0.2, 0) is 0 Å². The molecule has 0 radical (unpaired) electrons. The monoisotopic (exact) mass is 445 g/mol. The number of aryl methyl sites for hydroxylation is 1. The minimum Gasteiger partial charge on any atom is -0.316 e. The van der Waals surface area contributed by atoms with Crippen molar-refractivity contribution in [3.63, 3.8) is 0 Å².